The van der Waals surface area contributed by atoms with Gasteiger partial charge < -0.3 is 15.2 Å². The highest BCUT2D eigenvalue weighted by Gasteiger charge is 2.22. The lowest BCUT2D eigenvalue weighted by Gasteiger charge is -2.22. The van der Waals surface area contributed by atoms with Gasteiger partial charge in [0.25, 0.3) is 0 Å². The van der Waals surface area contributed by atoms with Crippen molar-refractivity contribution in [1.82, 2.24) is 10.2 Å². The molecule has 0 atom stereocenters. The number of hydrogen-bond acceptors (Lipinski definition) is 4. The van der Waals surface area contributed by atoms with Gasteiger partial charge in [-0.3, -0.25) is 5.10 Å². The Bertz CT molecular complexity index is 610. The average Bonchev–Trinajstić information content (AvgIpc) is 2.77. The lowest BCUT2D eigenvalue weighted by atomic mass is 10.0. The number of nitrogens with two attached hydrogens (primary N) is 1. The van der Waals surface area contributed by atoms with E-state index >= 15 is 0 Å². The molecule has 18 heavy (non-hydrogen) atoms. The summed E-state index contributed by atoms with van der Waals surface area (Å²) in [4.78, 5) is 0. The number of hydrogen-bond donors (Lipinski definition) is 2. The van der Waals surface area contributed by atoms with Gasteiger partial charge in [-0.1, -0.05) is 11.6 Å². The van der Waals surface area contributed by atoms with E-state index in [-0.39, 0.29) is 0 Å². The number of halogens is 1. The molecule has 0 saturated carbocycles. The molecule has 3 N–H and O–H groups in total. The first kappa shape index (κ1) is 11.2. The van der Waals surface area contributed by atoms with Crippen molar-refractivity contribution >= 4 is 17.4 Å². The van der Waals surface area contributed by atoms with Gasteiger partial charge in [-0.25, -0.2) is 0 Å². The first-order valence-electron chi connectivity index (χ1n) is 5.57. The minimum Gasteiger partial charge on any atom is -0.486 e. The summed E-state index contributed by atoms with van der Waals surface area (Å²) in [7, 11) is 0. The van der Waals surface area contributed by atoms with Gasteiger partial charge in [-0.05, 0) is 12.5 Å². The van der Waals surface area contributed by atoms with Gasteiger partial charge in [-0.2, -0.15) is 5.10 Å². The van der Waals surface area contributed by atoms with Gasteiger partial charge in [0.2, 0.25) is 0 Å². The third kappa shape index (κ3) is 1.67. The smallest absolute Gasteiger partial charge is 0.171 e. The van der Waals surface area contributed by atoms with Gasteiger partial charge >= 0.3 is 0 Å². The number of benzene rings is 1. The van der Waals surface area contributed by atoms with Crippen LogP contribution in [0.15, 0.2) is 12.1 Å². The van der Waals surface area contributed by atoms with Crippen molar-refractivity contribution in [3.63, 3.8) is 0 Å². The minimum absolute atomic E-state index is 0.426. The van der Waals surface area contributed by atoms with Gasteiger partial charge in [0.15, 0.2) is 11.5 Å². The number of H-pyrrole nitrogens is 1. The van der Waals surface area contributed by atoms with Crippen LogP contribution in [0.3, 0.4) is 0 Å². The molecule has 0 bridgehead atoms. The van der Waals surface area contributed by atoms with E-state index in [9.17, 15) is 0 Å². The normalized spacial score (nSPS) is 13.7. The summed E-state index contributed by atoms with van der Waals surface area (Å²) in [5.74, 6) is 1.77. The number of nitrogen functional groups attached to an aromatic ring is 1. The molecule has 2 aromatic rings. The van der Waals surface area contributed by atoms with E-state index in [0.29, 0.717) is 35.6 Å². The van der Waals surface area contributed by atoms with E-state index in [4.69, 9.17) is 26.8 Å². The highest BCUT2D eigenvalue weighted by Crippen LogP contribution is 2.44. The molecule has 1 aromatic carbocycles. The fourth-order valence-corrected chi connectivity index (χ4v) is 2.23. The summed E-state index contributed by atoms with van der Waals surface area (Å²) < 4.78 is 11.2. The maximum Gasteiger partial charge on any atom is 0.171 e. The molecule has 1 aliphatic rings. The maximum atomic E-state index is 6.21. The Morgan fingerprint density at radius 1 is 1.33 bits per heavy atom. The molecule has 3 rings (SSSR count). The van der Waals surface area contributed by atoms with E-state index in [2.05, 4.69) is 10.2 Å². The van der Waals surface area contributed by atoms with Crippen LogP contribution in [-0.4, -0.2) is 23.4 Å². The third-order valence-electron chi connectivity index (χ3n) is 2.90. The second-order valence-corrected chi connectivity index (χ2v) is 4.50. The maximum absolute atomic E-state index is 6.21. The molecule has 1 aromatic heterocycles. The number of aromatic nitrogens is 2. The Balaban J connectivity index is 2.26. The predicted molar refractivity (Wildman–Crippen MR) is 69.2 cm³/mol. The van der Waals surface area contributed by atoms with Crippen LogP contribution in [0.2, 0.25) is 5.02 Å². The Morgan fingerprint density at radius 2 is 2.11 bits per heavy atom. The predicted octanol–water partition coefficient (Wildman–Crippen LogP) is 2.39. The summed E-state index contributed by atoms with van der Waals surface area (Å²) in [5, 5.41) is 7.42. The molecule has 0 unspecified atom stereocenters. The number of ether oxygens (including phenoxy) is 2. The van der Waals surface area contributed by atoms with Crippen LogP contribution < -0.4 is 15.2 Å². The second-order valence-electron chi connectivity index (χ2n) is 4.09. The number of rotatable bonds is 1. The zero-order chi connectivity index (χ0) is 12.7. The first-order valence-corrected chi connectivity index (χ1v) is 5.94. The van der Waals surface area contributed by atoms with Crippen LogP contribution in [0.25, 0.3) is 11.3 Å². The Labute approximate surface area is 109 Å². The van der Waals surface area contributed by atoms with Crippen molar-refractivity contribution in [3.8, 4) is 22.8 Å². The minimum atomic E-state index is 0.426. The highest BCUT2D eigenvalue weighted by atomic mass is 35.5. The summed E-state index contributed by atoms with van der Waals surface area (Å²) in [6, 6.07) is 3.52. The van der Waals surface area contributed by atoms with E-state index in [1.807, 2.05) is 6.92 Å². The van der Waals surface area contributed by atoms with Gasteiger partial charge in [0.1, 0.15) is 19.0 Å². The van der Waals surface area contributed by atoms with Crippen molar-refractivity contribution in [2.24, 2.45) is 0 Å². The lowest BCUT2D eigenvalue weighted by molar-refractivity contribution is 0.172. The molecule has 0 saturated heterocycles. The van der Waals surface area contributed by atoms with Crippen molar-refractivity contribution in [3.05, 3.63) is 22.7 Å². The quantitative estimate of drug-likeness (QED) is 0.830. The van der Waals surface area contributed by atoms with E-state index < -0.39 is 0 Å². The highest BCUT2D eigenvalue weighted by molar-refractivity contribution is 6.32. The van der Waals surface area contributed by atoms with E-state index in [1.54, 1.807) is 12.1 Å². The van der Waals surface area contributed by atoms with Crippen LogP contribution in [0.4, 0.5) is 5.82 Å². The molecule has 94 valence electrons. The molecule has 0 amide bonds. The van der Waals surface area contributed by atoms with Crippen molar-refractivity contribution in [2.45, 2.75) is 6.92 Å². The Kier molecular flexibility index (Phi) is 2.56. The molecule has 0 radical (unpaired) electrons. The third-order valence-corrected chi connectivity index (χ3v) is 3.29. The van der Waals surface area contributed by atoms with Crippen LogP contribution in [0.1, 0.15) is 5.56 Å². The molecule has 6 heteroatoms. The molecule has 0 spiro atoms. The SMILES string of the molecule is Cc1c(Cl)cc2c(c1-c1cc(N)n[nH]1)OCCO2. The number of nitrogens with zero attached hydrogens (tertiary/aromatic N) is 1. The fourth-order valence-electron chi connectivity index (χ4n) is 2.04. The monoisotopic (exact) mass is 265 g/mol. The van der Waals surface area contributed by atoms with Gasteiger partial charge in [-0.15, -0.1) is 0 Å². The van der Waals surface area contributed by atoms with E-state index in [1.165, 1.54) is 0 Å². The molecule has 0 fully saturated rings. The standard InChI is InChI=1S/C12H12ClN3O2/c1-6-7(13)4-9-12(18-3-2-17-9)11(6)8-5-10(14)16-15-8/h4-5H,2-3H2,1H3,(H3,14,15,16). The first-order chi connectivity index (χ1) is 8.66. The zero-order valence-electron chi connectivity index (χ0n) is 9.79. The van der Waals surface area contributed by atoms with Crippen LogP contribution >= 0.6 is 11.6 Å². The summed E-state index contributed by atoms with van der Waals surface area (Å²) in [6.45, 7) is 2.97. The van der Waals surface area contributed by atoms with Crippen LogP contribution in [0.5, 0.6) is 11.5 Å². The Hall–Kier alpha value is -1.88. The summed E-state index contributed by atoms with van der Waals surface area (Å²) >= 11 is 6.21. The van der Waals surface area contributed by atoms with Crippen molar-refractivity contribution in [2.75, 3.05) is 18.9 Å². The molecule has 0 aliphatic carbocycles. The van der Waals surface area contributed by atoms with Gasteiger partial charge in [0, 0.05) is 17.2 Å². The van der Waals surface area contributed by atoms with Crippen molar-refractivity contribution in [1.29, 1.82) is 0 Å². The fraction of sp³-hybridized carbons (Fsp3) is 0.250. The summed E-state index contributed by atoms with van der Waals surface area (Å²) in [5.41, 5.74) is 8.16. The number of nitrogens with one attached hydrogen (secondary N) is 1. The van der Waals surface area contributed by atoms with Crippen LogP contribution in [-0.2, 0) is 0 Å². The topological polar surface area (TPSA) is 73.2 Å². The molecule has 2 heterocycles. The van der Waals surface area contributed by atoms with Crippen molar-refractivity contribution < 1.29 is 9.47 Å². The lowest BCUT2D eigenvalue weighted by Crippen LogP contribution is -2.16. The molecule has 1 aliphatic heterocycles. The number of anilines is 1. The number of aromatic amines is 1. The molecular formula is C12H12ClN3O2. The average molecular weight is 266 g/mol. The van der Waals surface area contributed by atoms with Gasteiger partial charge in [0.05, 0.1) is 11.3 Å². The van der Waals surface area contributed by atoms with E-state index in [0.717, 1.165) is 16.8 Å². The number of fused-ring (bicyclic) bond motifs is 1. The second kappa shape index (κ2) is 4.10. The largest absolute Gasteiger partial charge is 0.486 e. The summed E-state index contributed by atoms with van der Waals surface area (Å²) in [6.07, 6.45) is 0. The zero-order valence-corrected chi connectivity index (χ0v) is 10.5. The molecular weight excluding hydrogens is 254 g/mol. The Morgan fingerprint density at radius 3 is 2.83 bits per heavy atom. The van der Waals surface area contributed by atoms with Crippen LogP contribution in [0, 0.1) is 6.92 Å². The molecule has 5 nitrogen and oxygen atoms in total.